The van der Waals surface area contributed by atoms with Crippen LogP contribution in [-0.4, -0.2) is 65.5 Å². The molecule has 24 heavy (non-hydrogen) atoms. The number of nitrogens with zero attached hydrogens (tertiary/aromatic N) is 1. The van der Waals surface area contributed by atoms with E-state index < -0.39 is 11.9 Å². The fourth-order valence-corrected chi connectivity index (χ4v) is 2.95. The number of carbonyl (C=O) groups excluding carboxylic acids is 2. The van der Waals surface area contributed by atoms with E-state index in [0.717, 1.165) is 0 Å². The molecule has 0 aromatic heterocycles. The van der Waals surface area contributed by atoms with Gasteiger partial charge in [0.05, 0.1) is 39.4 Å². The van der Waals surface area contributed by atoms with Crippen molar-refractivity contribution in [1.82, 2.24) is 4.90 Å². The molecule has 0 saturated heterocycles. The lowest BCUT2D eigenvalue weighted by Crippen LogP contribution is -2.58. The summed E-state index contributed by atoms with van der Waals surface area (Å²) < 4.78 is 8.60. The standard InChI is InChI=1S/C11H21NO2.C6H10O4/c1-10(2)7-9(14)8-11(3,4)12(10)5-6-13;1-9-5(7)3-4-6(8)10-2/h7,13-14H,5-6,8H2,1-4H3;3-4H2,1-2H3. The monoisotopic (exact) mass is 345 g/mol. The second-order valence-corrected chi connectivity index (χ2v) is 6.81. The van der Waals surface area contributed by atoms with Crippen LogP contribution in [0.3, 0.4) is 0 Å². The summed E-state index contributed by atoms with van der Waals surface area (Å²) in [5.41, 5.74) is -0.278. The minimum atomic E-state index is -0.398. The van der Waals surface area contributed by atoms with E-state index >= 15 is 0 Å². The van der Waals surface area contributed by atoms with Gasteiger partial charge in [-0.25, -0.2) is 0 Å². The van der Waals surface area contributed by atoms with E-state index in [0.29, 0.717) is 18.7 Å². The number of carbonyl (C=O) groups is 2. The molecular weight excluding hydrogens is 314 g/mol. The van der Waals surface area contributed by atoms with Crippen molar-refractivity contribution in [2.75, 3.05) is 27.4 Å². The van der Waals surface area contributed by atoms with Crippen LogP contribution in [0.25, 0.3) is 0 Å². The Morgan fingerprint density at radius 3 is 1.92 bits per heavy atom. The van der Waals surface area contributed by atoms with Crippen LogP contribution in [0.1, 0.15) is 47.0 Å². The molecule has 1 rings (SSSR count). The van der Waals surface area contributed by atoms with Gasteiger partial charge >= 0.3 is 11.9 Å². The zero-order chi connectivity index (χ0) is 19.0. The van der Waals surface area contributed by atoms with Crippen LogP contribution in [0.2, 0.25) is 0 Å². The van der Waals surface area contributed by atoms with Crippen LogP contribution in [-0.2, 0) is 19.1 Å². The molecule has 0 saturated carbocycles. The van der Waals surface area contributed by atoms with Crippen molar-refractivity contribution in [1.29, 1.82) is 0 Å². The van der Waals surface area contributed by atoms with Crippen molar-refractivity contribution in [3.8, 4) is 0 Å². The van der Waals surface area contributed by atoms with Gasteiger partial charge < -0.3 is 19.7 Å². The van der Waals surface area contributed by atoms with Crippen molar-refractivity contribution >= 4 is 11.9 Å². The highest BCUT2D eigenvalue weighted by Gasteiger charge is 2.40. The summed E-state index contributed by atoms with van der Waals surface area (Å²) in [6.45, 7) is 9.09. The van der Waals surface area contributed by atoms with Crippen LogP contribution in [0.4, 0.5) is 0 Å². The molecule has 0 unspecified atom stereocenters. The van der Waals surface area contributed by atoms with Gasteiger partial charge in [0.2, 0.25) is 0 Å². The number of hydrogen-bond donors (Lipinski definition) is 2. The van der Waals surface area contributed by atoms with Gasteiger partial charge in [-0.2, -0.15) is 0 Å². The third kappa shape index (κ3) is 7.31. The van der Waals surface area contributed by atoms with E-state index in [9.17, 15) is 14.7 Å². The number of aliphatic hydroxyl groups excluding tert-OH is 2. The Morgan fingerprint density at radius 2 is 1.58 bits per heavy atom. The minimum absolute atomic E-state index is 0.0865. The van der Waals surface area contributed by atoms with E-state index in [1.54, 1.807) is 0 Å². The van der Waals surface area contributed by atoms with Crippen molar-refractivity contribution in [3.05, 3.63) is 11.8 Å². The molecular formula is C17H31NO6. The number of rotatable bonds is 5. The van der Waals surface area contributed by atoms with Gasteiger partial charge in [0, 0.05) is 24.0 Å². The predicted molar refractivity (Wildman–Crippen MR) is 90.5 cm³/mol. The van der Waals surface area contributed by atoms with E-state index in [4.69, 9.17) is 5.11 Å². The molecule has 0 bridgehead atoms. The molecule has 0 radical (unpaired) electrons. The Morgan fingerprint density at radius 1 is 1.12 bits per heavy atom. The molecule has 0 atom stereocenters. The Hall–Kier alpha value is -1.60. The number of esters is 2. The Balaban J connectivity index is 0.000000470. The van der Waals surface area contributed by atoms with Crippen LogP contribution in [0, 0.1) is 0 Å². The average Bonchev–Trinajstić information content (AvgIpc) is 2.47. The summed E-state index contributed by atoms with van der Waals surface area (Å²) in [6, 6.07) is 0. The van der Waals surface area contributed by atoms with Gasteiger partial charge in [0.25, 0.3) is 0 Å². The molecule has 0 amide bonds. The highest BCUT2D eigenvalue weighted by molar-refractivity contribution is 5.77. The summed E-state index contributed by atoms with van der Waals surface area (Å²) in [4.78, 5) is 23.0. The molecule has 7 nitrogen and oxygen atoms in total. The molecule has 1 heterocycles. The normalized spacial score (nSPS) is 18.7. The van der Waals surface area contributed by atoms with Crippen molar-refractivity contribution in [2.45, 2.75) is 58.0 Å². The molecule has 2 N–H and O–H groups in total. The van der Waals surface area contributed by atoms with Crippen LogP contribution < -0.4 is 0 Å². The first-order chi connectivity index (χ1) is 11.0. The lowest BCUT2D eigenvalue weighted by molar-refractivity contribution is -0.147. The molecule has 140 valence electrons. The lowest BCUT2D eigenvalue weighted by Gasteiger charge is -2.50. The third-order valence-corrected chi connectivity index (χ3v) is 3.87. The number of β-amino-alcohol motifs (C(OH)–C–C–N with tert-alkyl or cyclic N) is 1. The molecule has 0 aromatic rings. The minimum Gasteiger partial charge on any atom is -0.513 e. The first-order valence-electron chi connectivity index (χ1n) is 7.93. The maximum atomic E-state index is 10.4. The van der Waals surface area contributed by atoms with Gasteiger partial charge in [0.1, 0.15) is 0 Å². The van der Waals surface area contributed by atoms with Gasteiger partial charge in [-0.3, -0.25) is 14.5 Å². The molecule has 1 aliphatic heterocycles. The van der Waals surface area contributed by atoms with Gasteiger partial charge in [0.15, 0.2) is 0 Å². The summed E-state index contributed by atoms with van der Waals surface area (Å²) >= 11 is 0. The summed E-state index contributed by atoms with van der Waals surface area (Å²) in [6.07, 6.45) is 2.69. The highest BCUT2D eigenvalue weighted by Crippen LogP contribution is 2.35. The largest absolute Gasteiger partial charge is 0.513 e. The molecule has 1 aliphatic rings. The van der Waals surface area contributed by atoms with Crippen LogP contribution in [0.5, 0.6) is 0 Å². The molecule has 0 aliphatic carbocycles. The molecule has 0 fully saturated rings. The molecule has 0 spiro atoms. The van der Waals surface area contributed by atoms with E-state index in [1.165, 1.54) is 14.2 Å². The Bertz CT molecular complexity index is 440. The van der Waals surface area contributed by atoms with Crippen LogP contribution in [0.15, 0.2) is 11.8 Å². The summed E-state index contributed by atoms with van der Waals surface area (Å²) in [5.74, 6) is -0.343. The second-order valence-electron chi connectivity index (χ2n) is 6.81. The highest BCUT2D eigenvalue weighted by atomic mass is 16.5. The fourth-order valence-electron chi connectivity index (χ4n) is 2.95. The quantitative estimate of drug-likeness (QED) is 0.733. The first-order valence-corrected chi connectivity index (χ1v) is 7.93. The maximum absolute atomic E-state index is 10.4. The Kier molecular flexibility index (Phi) is 8.99. The van der Waals surface area contributed by atoms with E-state index in [-0.39, 0.29) is 30.5 Å². The topological polar surface area (TPSA) is 96.3 Å². The smallest absolute Gasteiger partial charge is 0.306 e. The number of hydrogen-bond acceptors (Lipinski definition) is 7. The zero-order valence-electron chi connectivity index (χ0n) is 15.6. The summed E-state index contributed by atoms with van der Waals surface area (Å²) in [7, 11) is 2.55. The first kappa shape index (κ1) is 22.4. The maximum Gasteiger partial charge on any atom is 0.306 e. The van der Waals surface area contributed by atoms with Crippen LogP contribution >= 0.6 is 0 Å². The van der Waals surface area contributed by atoms with Gasteiger partial charge in [-0.15, -0.1) is 0 Å². The number of aliphatic hydroxyl groups is 2. The molecule has 0 aromatic carbocycles. The summed E-state index contributed by atoms with van der Waals surface area (Å²) in [5, 5.41) is 18.7. The number of ether oxygens (including phenoxy) is 2. The third-order valence-electron chi connectivity index (χ3n) is 3.87. The average molecular weight is 345 g/mol. The second kappa shape index (κ2) is 9.64. The van der Waals surface area contributed by atoms with Gasteiger partial charge in [-0.05, 0) is 33.8 Å². The number of methoxy groups -OCH3 is 2. The Labute approximate surface area is 144 Å². The van der Waals surface area contributed by atoms with Gasteiger partial charge in [-0.1, -0.05) is 0 Å². The van der Waals surface area contributed by atoms with Crippen molar-refractivity contribution in [3.63, 3.8) is 0 Å². The molecule has 7 heteroatoms. The SMILES string of the molecule is CC1(C)C=C(O)CC(C)(C)N1CCO.COC(=O)CCC(=O)OC. The van der Waals surface area contributed by atoms with Crippen molar-refractivity contribution in [2.24, 2.45) is 0 Å². The van der Waals surface area contributed by atoms with Crippen molar-refractivity contribution < 1.29 is 29.3 Å². The van der Waals surface area contributed by atoms with E-state index in [1.807, 2.05) is 6.08 Å². The van der Waals surface area contributed by atoms with E-state index in [2.05, 4.69) is 42.1 Å². The predicted octanol–water partition coefficient (Wildman–Crippen LogP) is 1.80. The fraction of sp³-hybridized carbons (Fsp3) is 0.765. The zero-order valence-corrected chi connectivity index (χ0v) is 15.6. The lowest BCUT2D eigenvalue weighted by atomic mass is 9.84.